The highest BCUT2D eigenvalue weighted by molar-refractivity contribution is 7.98. The van der Waals surface area contributed by atoms with Crippen molar-refractivity contribution in [2.24, 2.45) is 5.73 Å². The number of nitrogens with zero attached hydrogens (tertiary/aromatic N) is 3. The van der Waals surface area contributed by atoms with E-state index < -0.39 is 0 Å². The van der Waals surface area contributed by atoms with Crippen LogP contribution in [0.2, 0.25) is 0 Å². The molecule has 0 saturated heterocycles. The zero-order valence-electron chi connectivity index (χ0n) is 11.9. The van der Waals surface area contributed by atoms with Crippen LogP contribution in [0, 0.1) is 0 Å². The van der Waals surface area contributed by atoms with Crippen LogP contribution in [0.15, 0.2) is 29.4 Å². The van der Waals surface area contributed by atoms with Gasteiger partial charge in [-0.1, -0.05) is 23.9 Å². The Balaban J connectivity index is 1.99. The Kier molecular flexibility index (Phi) is 5.43. The summed E-state index contributed by atoms with van der Waals surface area (Å²) in [4.78, 5) is 0. The van der Waals surface area contributed by atoms with Crippen molar-refractivity contribution in [1.29, 1.82) is 0 Å². The molecule has 5 nitrogen and oxygen atoms in total. The highest BCUT2D eigenvalue weighted by atomic mass is 32.2. The molecule has 1 aromatic carbocycles. The molecule has 2 aromatic rings. The zero-order valence-corrected chi connectivity index (χ0v) is 12.7. The van der Waals surface area contributed by atoms with Crippen LogP contribution in [0.4, 0.5) is 0 Å². The predicted octanol–water partition coefficient (Wildman–Crippen LogP) is 2.45. The van der Waals surface area contributed by atoms with E-state index in [-0.39, 0.29) is 0 Å². The van der Waals surface area contributed by atoms with Crippen LogP contribution in [0.5, 0.6) is 5.75 Å². The summed E-state index contributed by atoms with van der Waals surface area (Å²) < 4.78 is 7.49. The van der Waals surface area contributed by atoms with Gasteiger partial charge in [-0.15, -0.1) is 10.2 Å². The fourth-order valence-electron chi connectivity index (χ4n) is 1.89. The van der Waals surface area contributed by atoms with Gasteiger partial charge in [0.2, 0.25) is 0 Å². The van der Waals surface area contributed by atoms with Gasteiger partial charge in [-0.2, -0.15) is 0 Å². The number of ether oxygens (including phenoxy) is 1. The Hall–Kier alpha value is -1.53. The summed E-state index contributed by atoms with van der Waals surface area (Å²) in [7, 11) is 0. The van der Waals surface area contributed by atoms with E-state index in [1.165, 1.54) is 5.56 Å². The standard InChI is InChI=1S/C14H20N4OS/c1-3-18-13(9-15)16-17-14(18)20-10-11-5-7-12(8-6-11)19-4-2/h5-8H,3-4,9-10,15H2,1-2H3. The molecule has 2 rings (SSSR count). The molecule has 0 bridgehead atoms. The van der Waals surface area contributed by atoms with Crippen molar-refractivity contribution in [1.82, 2.24) is 14.8 Å². The van der Waals surface area contributed by atoms with Gasteiger partial charge in [0.15, 0.2) is 5.16 Å². The van der Waals surface area contributed by atoms with Gasteiger partial charge in [0.25, 0.3) is 0 Å². The second kappa shape index (κ2) is 7.31. The summed E-state index contributed by atoms with van der Waals surface area (Å²) in [6, 6.07) is 8.15. The number of hydrogen-bond acceptors (Lipinski definition) is 5. The monoisotopic (exact) mass is 292 g/mol. The van der Waals surface area contributed by atoms with E-state index in [0.717, 1.165) is 29.0 Å². The molecule has 0 aliphatic carbocycles. The summed E-state index contributed by atoms with van der Waals surface area (Å²) in [6.45, 7) is 6.00. The molecule has 20 heavy (non-hydrogen) atoms. The van der Waals surface area contributed by atoms with E-state index in [4.69, 9.17) is 10.5 Å². The van der Waals surface area contributed by atoms with Crippen molar-refractivity contribution in [2.75, 3.05) is 6.61 Å². The number of rotatable bonds is 7. The molecule has 0 aliphatic rings. The van der Waals surface area contributed by atoms with Gasteiger partial charge in [0.05, 0.1) is 13.2 Å². The Morgan fingerprint density at radius 2 is 1.95 bits per heavy atom. The first-order chi connectivity index (χ1) is 9.78. The molecule has 0 spiro atoms. The van der Waals surface area contributed by atoms with Gasteiger partial charge in [0.1, 0.15) is 11.6 Å². The minimum Gasteiger partial charge on any atom is -0.494 e. The largest absolute Gasteiger partial charge is 0.494 e. The second-order valence-corrected chi connectivity index (χ2v) is 5.16. The average Bonchev–Trinajstić information content (AvgIpc) is 2.89. The highest BCUT2D eigenvalue weighted by Gasteiger charge is 2.09. The van der Waals surface area contributed by atoms with Gasteiger partial charge >= 0.3 is 0 Å². The van der Waals surface area contributed by atoms with Crippen molar-refractivity contribution < 1.29 is 4.74 Å². The minimum absolute atomic E-state index is 0.421. The third-order valence-electron chi connectivity index (χ3n) is 2.89. The molecule has 1 aromatic heterocycles. The number of hydrogen-bond donors (Lipinski definition) is 1. The summed E-state index contributed by atoms with van der Waals surface area (Å²) in [5, 5.41) is 9.21. The molecule has 2 N–H and O–H groups in total. The minimum atomic E-state index is 0.421. The third kappa shape index (κ3) is 3.52. The molecule has 0 amide bonds. The maximum atomic E-state index is 5.65. The molecule has 0 aliphatic heterocycles. The van der Waals surface area contributed by atoms with Crippen molar-refractivity contribution >= 4 is 11.8 Å². The van der Waals surface area contributed by atoms with Crippen molar-refractivity contribution in [3.8, 4) is 5.75 Å². The molecule has 0 saturated carbocycles. The Morgan fingerprint density at radius 3 is 2.55 bits per heavy atom. The quantitative estimate of drug-likeness (QED) is 0.794. The number of benzene rings is 1. The molecular formula is C14H20N4OS. The molecule has 0 radical (unpaired) electrons. The van der Waals surface area contributed by atoms with Gasteiger partial charge in [-0.3, -0.25) is 0 Å². The van der Waals surface area contributed by atoms with E-state index >= 15 is 0 Å². The highest BCUT2D eigenvalue weighted by Crippen LogP contribution is 2.23. The van der Waals surface area contributed by atoms with Crippen LogP contribution in [-0.2, 0) is 18.8 Å². The third-order valence-corrected chi connectivity index (χ3v) is 3.93. The second-order valence-electron chi connectivity index (χ2n) is 4.21. The molecule has 108 valence electrons. The normalized spacial score (nSPS) is 10.8. The predicted molar refractivity (Wildman–Crippen MR) is 80.8 cm³/mol. The fraction of sp³-hybridized carbons (Fsp3) is 0.429. The fourth-order valence-corrected chi connectivity index (χ4v) is 2.87. The summed E-state index contributed by atoms with van der Waals surface area (Å²) >= 11 is 1.67. The number of nitrogens with two attached hydrogens (primary N) is 1. The van der Waals surface area contributed by atoms with E-state index in [1.807, 2.05) is 19.1 Å². The van der Waals surface area contributed by atoms with Crippen LogP contribution in [0.1, 0.15) is 25.2 Å². The Labute approximate surface area is 123 Å². The Morgan fingerprint density at radius 1 is 1.20 bits per heavy atom. The van der Waals surface area contributed by atoms with Crippen LogP contribution >= 0.6 is 11.8 Å². The SMILES string of the molecule is CCOc1ccc(CSc2nnc(CN)n2CC)cc1. The summed E-state index contributed by atoms with van der Waals surface area (Å²) in [5.41, 5.74) is 6.88. The topological polar surface area (TPSA) is 66.0 Å². The number of thioether (sulfide) groups is 1. The van der Waals surface area contributed by atoms with Gasteiger partial charge in [0, 0.05) is 12.3 Å². The molecule has 0 fully saturated rings. The molecule has 6 heteroatoms. The van der Waals surface area contributed by atoms with Crippen LogP contribution < -0.4 is 10.5 Å². The number of aromatic nitrogens is 3. The lowest BCUT2D eigenvalue weighted by Gasteiger charge is -2.07. The average molecular weight is 292 g/mol. The molecule has 0 atom stereocenters. The van der Waals surface area contributed by atoms with E-state index in [0.29, 0.717) is 13.2 Å². The maximum absolute atomic E-state index is 5.65. The zero-order chi connectivity index (χ0) is 14.4. The first-order valence-electron chi connectivity index (χ1n) is 6.75. The Bertz CT molecular complexity index is 539. The first-order valence-corrected chi connectivity index (χ1v) is 7.73. The molecule has 0 unspecified atom stereocenters. The lowest BCUT2D eigenvalue weighted by Crippen LogP contribution is -2.08. The van der Waals surface area contributed by atoms with Crippen molar-refractivity contribution in [2.45, 2.75) is 37.8 Å². The van der Waals surface area contributed by atoms with Gasteiger partial charge < -0.3 is 15.0 Å². The van der Waals surface area contributed by atoms with Crippen LogP contribution in [0.25, 0.3) is 0 Å². The maximum Gasteiger partial charge on any atom is 0.191 e. The molecule has 1 heterocycles. The van der Waals surface area contributed by atoms with E-state index in [1.54, 1.807) is 11.8 Å². The smallest absolute Gasteiger partial charge is 0.191 e. The van der Waals surface area contributed by atoms with Gasteiger partial charge in [-0.25, -0.2) is 0 Å². The summed E-state index contributed by atoms with van der Waals surface area (Å²) in [5.74, 6) is 2.60. The van der Waals surface area contributed by atoms with Crippen molar-refractivity contribution in [3.63, 3.8) is 0 Å². The lowest BCUT2D eigenvalue weighted by molar-refractivity contribution is 0.340. The van der Waals surface area contributed by atoms with Crippen molar-refractivity contribution in [3.05, 3.63) is 35.7 Å². The van der Waals surface area contributed by atoms with E-state index in [2.05, 4.69) is 33.8 Å². The van der Waals surface area contributed by atoms with Gasteiger partial charge in [-0.05, 0) is 31.5 Å². The lowest BCUT2D eigenvalue weighted by atomic mass is 10.2. The van der Waals surface area contributed by atoms with E-state index in [9.17, 15) is 0 Å². The molecular weight excluding hydrogens is 272 g/mol. The first kappa shape index (κ1) is 14.9. The van der Waals surface area contributed by atoms with Crippen LogP contribution in [0.3, 0.4) is 0 Å². The summed E-state index contributed by atoms with van der Waals surface area (Å²) in [6.07, 6.45) is 0. The van der Waals surface area contributed by atoms with Crippen LogP contribution in [-0.4, -0.2) is 21.4 Å².